The maximum Gasteiger partial charge on any atom is 0.126 e. The van der Waals surface area contributed by atoms with E-state index in [0.717, 1.165) is 0 Å². The number of hydrogen-bond donors (Lipinski definition) is 1. The summed E-state index contributed by atoms with van der Waals surface area (Å²) in [7, 11) is 0. The Balaban J connectivity index is 2.99. The number of rotatable bonds is 2. The molecular weight excluding hydrogens is 203 g/mol. The summed E-state index contributed by atoms with van der Waals surface area (Å²) >= 11 is 5.87. The molecule has 0 saturated heterocycles. The minimum absolute atomic E-state index is 0.270. The van der Waals surface area contributed by atoms with E-state index in [9.17, 15) is 4.39 Å². The molecule has 14 heavy (non-hydrogen) atoms. The van der Waals surface area contributed by atoms with Crippen molar-refractivity contribution in [1.82, 2.24) is 0 Å². The van der Waals surface area contributed by atoms with Crippen molar-refractivity contribution >= 4 is 11.6 Å². The van der Waals surface area contributed by atoms with Gasteiger partial charge in [-0.1, -0.05) is 11.6 Å². The van der Waals surface area contributed by atoms with Gasteiger partial charge in [0, 0.05) is 11.4 Å². The molecule has 0 radical (unpaired) electrons. The van der Waals surface area contributed by atoms with Crippen LogP contribution in [-0.2, 0) is 6.42 Å². The van der Waals surface area contributed by atoms with E-state index in [0.29, 0.717) is 16.1 Å². The lowest BCUT2D eigenvalue weighted by Gasteiger charge is -2.07. The van der Waals surface area contributed by atoms with Gasteiger partial charge in [-0.15, -0.1) is 0 Å². The first kappa shape index (κ1) is 11.0. The molecule has 2 N–H and O–H groups in total. The fraction of sp³-hybridized carbons (Fsp3) is 0.300. The maximum absolute atomic E-state index is 13.1. The van der Waals surface area contributed by atoms with Crippen LogP contribution in [0.3, 0.4) is 0 Å². The van der Waals surface area contributed by atoms with Gasteiger partial charge in [-0.05, 0) is 30.2 Å². The van der Waals surface area contributed by atoms with E-state index in [2.05, 4.69) is 0 Å². The van der Waals surface area contributed by atoms with Crippen LogP contribution in [0.5, 0.6) is 0 Å². The smallest absolute Gasteiger partial charge is 0.126 e. The Morgan fingerprint density at radius 1 is 1.64 bits per heavy atom. The van der Waals surface area contributed by atoms with Crippen LogP contribution in [-0.4, -0.2) is 6.04 Å². The van der Waals surface area contributed by atoms with Crippen LogP contribution < -0.4 is 5.73 Å². The van der Waals surface area contributed by atoms with Crippen molar-refractivity contribution in [3.8, 4) is 6.07 Å². The third-order valence-electron chi connectivity index (χ3n) is 1.93. The molecule has 0 heterocycles. The van der Waals surface area contributed by atoms with Crippen LogP contribution in [0.25, 0.3) is 0 Å². The maximum atomic E-state index is 13.1. The van der Waals surface area contributed by atoms with E-state index in [4.69, 9.17) is 22.6 Å². The summed E-state index contributed by atoms with van der Waals surface area (Å²) in [5.74, 6) is -0.325. The summed E-state index contributed by atoms with van der Waals surface area (Å²) < 4.78 is 13.1. The molecule has 1 atom stereocenters. The zero-order chi connectivity index (χ0) is 10.7. The molecule has 0 aliphatic rings. The number of benzene rings is 1. The topological polar surface area (TPSA) is 49.8 Å². The van der Waals surface area contributed by atoms with Gasteiger partial charge in [-0.3, -0.25) is 0 Å². The van der Waals surface area contributed by atoms with Crippen LogP contribution in [0.2, 0.25) is 5.02 Å². The van der Waals surface area contributed by atoms with E-state index >= 15 is 0 Å². The van der Waals surface area contributed by atoms with Crippen LogP contribution >= 0.6 is 11.6 Å². The molecule has 4 heteroatoms. The average molecular weight is 213 g/mol. The molecule has 1 aromatic rings. The van der Waals surface area contributed by atoms with Crippen molar-refractivity contribution in [1.29, 1.82) is 5.26 Å². The van der Waals surface area contributed by atoms with Crippen molar-refractivity contribution in [2.24, 2.45) is 5.73 Å². The zero-order valence-electron chi connectivity index (χ0n) is 7.72. The van der Waals surface area contributed by atoms with E-state index in [1.54, 1.807) is 6.92 Å². The van der Waals surface area contributed by atoms with Gasteiger partial charge in [-0.25, -0.2) is 4.39 Å². The normalized spacial score (nSPS) is 12.2. The third kappa shape index (κ3) is 2.44. The summed E-state index contributed by atoms with van der Waals surface area (Å²) in [5, 5.41) is 8.95. The van der Waals surface area contributed by atoms with Crippen molar-refractivity contribution in [2.45, 2.75) is 19.4 Å². The second-order valence-corrected chi connectivity index (χ2v) is 3.54. The fourth-order valence-electron chi connectivity index (χ4n) is 1.13. The Hall–Kier alpha value is -1.11. The van der Waals surface area contributed by atoms with Crippen molar-refractivity contribution < 1.29 is 4.39 Å². The molecule has 2 nitrogen and oxygen atoms in total. The average Bonchev–Trinajstić information content (AvgIpc) is 2.14. The third-order valence-corrected chi connectivity index (χ3v) is 2.29. The Kier molecular flexibility index (Phi) is 3.45. The van der Waals surface area contributed by atoms with E-state index in [1.807, 2.05) is 6.07 Å². The van der Waals surface area contributed by atoms with Crippen LogP contribution in [0.4, 0.5) is 4.39 Å². The summed E-state index contributed by atoms with van der Waals surface area (Å²) in [6.07, 6.45) is 0.270. The Morgan fingerprint density at radius 3 is 2.86 bits per heavy atom. The molecule has 0 bridgehead atoms. The van der Waals surface area contributed by atoms with E-state index < -0.39 is 6.04 Å². The Labute approximate surface area is 87.1 Å². The standard InChI is InChI=1S/C10H10ClFN2/c1-6-2-9(11)7(4-10(6)12)3-8(14)5-13/h2,4,8H,3,14H2,1H3. The highest BCUT2D eigenvalue weighted by molar-refractivity contribution is 6.31. The predicted molar refractivity (Wildman–Crippen MR) is 53.4 cm³/mol. The van der Waals surface area contributed by atoms with Gasteiger partial charge in [-0.2, -0.15) is 5.26 Å². The van der Waals surface area contributed by atoms with Crippen molar-refractivity contribution in [3.63, 3.8) is 0 Å². The molecule has 1 rings (SSSR count). The molecule has 0 aliphatic carbocycles. The number of aryl methyl sites for hydroxylation is 1. The fourth-order valence-corrected chi connectivity index (χ4v) is 1.42. The highest BCUT2D eigenvalue weighted by atomic mass is 35.5. The molecule has 74 valence electrons. The number of nitriles is 1. The first-order chi connectivity index (χ1) is 6.54. The number of halogens is 2. The Morgan fingerprint density at radius 2 is 2.29 bits per heavy atom. The van der Waals surface area contributed by atoms with Gasteiger partial charge >= 0.3 is 0 Å². The highest BCUT2D eigenvalue weighted by Gasteiger charge is 2.09. The first-order valence-corrected chi connectivity index (χ1v) is 4.52. The summed E-state index contributed by atoms with van der Waals surface area (Å²) in [6.45, 7) is 1.63. The van der Waals surface area contributed by atoms with Crippen molar-refractivity contribution in [2.75, 3.05) is 0 Å². The highest BCUT2D eigenvalue weighted by Crippen LogP contribution is 2.21. The molecule has 0 aliphatic heterocycles. The number of nitrogens with two attached hydrogens (primary N) is 1. The summed E-state index contributed by atoms with van der Waals surface area (Å²) in [6, 6.07) is 4.09. The van der Waals surface area contributed by atoms with Crippen LogP contribution in [0.1, 0.15) is 11.1 Å². The van der Waals surface area contributed by atoms with Crippen LogP contribution in [0.15, 0.2) is 12.1 Å². The molecule has 1 aromatic carbocycles. The SMILES string of the molecule is Cc1cc(Cl)c(CC(N)C#N)cc1F. The lowest BCUT2D eigenvalue weighted by atomic mass is 10.1. The zero-order valence-corrected chi connectivity index (χ0v) is 8.48. The second-order valence-electron chi connectivity index (χ2n) is 3.13. The first-order valence-electron chi connectivity index (χ1n) is 4.14. The van der Waals surface area contributed by atoms with Crippen molar-refractivity contribution in [3.05, 3.63) is 34.1 Å². The van der Waals surface area contributed by atoms with Gasteiger partial charge in [0.05, 0.1) is 12.1 Å². The molecule has 1 unspecified atom stereocenters. The van der Waals surface area contributed by atoms with Crippen LogP contribution in [0, 0.1) is 24.1 Å². The van der Waals surface area contributed by atoms with Gasteiger partial charge in [0.1, 0.15) is 5.82 Å². The molecular formula is C10H10ClFN2. The van der Waals surface area contributed by atoms with Gasteiger partial charge in [0.15, 0.2) is 0 Å². The largest absolute Gasteiger partial charge is 0.316 e. The van der Waals surface area contributed by atoms with E-state index in [-0.39, 0.29) is 12.2 Å². The predicted octanol–water partition coefficient (Wildman–Crippen LogP) is 2.18. The molecule has 0 saturated carbocycles. The lowest BCUT2D eigenvalue weighted by Crippen LogP contribution is -2.20. The van der Waals surface area contributed by atoms with Gasteiger partial charge < -0.3 is 5.73 Å². The molecule has 0 aromatic heterocycles. The summed E-state index contributed by atoms with van der Waals surface area (Å²) in [5.41, 5.74) is 6.48. The monoisotopic (exact) mass is 212 g/mol. The minimum Gasteiger partial charge on any atom is -0.316 e. The second kappa shape index (κ2) is 4.41. The lowest BCUT2D eigenvalue weighted by molar-refractivity contribution is 0.615. The number of nitrogens with zero attached hydrogens (tertiary/aromatic N) is 1. The van der Waals surface area contributed by atoms with Gasteiger partial charge in [0.25, 0.3) is 0 Å². The molecule has 0 spiro atoms. The quantitative estimate of drug-likeness (QED) is 0.817. The van der Waals surface area contributed by atoms with E-state index in [1.165, 1.54) is 12.1 Å². The summed E-state index contributed by atoms with van der Waals surface area (Å²) in [4.78, 5) is 0. The molecule has 0 fully saturated rings. The van der Waals surface area contributed by atoms with Gasteiger partial charge in [0.2, 0.25) is 0 Å². The molecule has 0 amide bonds. The number of hydrogen-bond acceptors (Lipinski definition) is 2. The Bertz CT molecular complexity index is 384. The minimum atomic E-state index is -0.644.